The quantitative estimate of drug-likeness (QED) is 0.692. The van der Waals surface area contributed by atoms with E-state index in [-0.39, 0.29) is 0 Å². The van der Waals surface area contributed by atoms with E-state index in [4.69, 9.17) is 0 Å². The van der Waals surface area contributed by atoms with Crippen LogP contribution in [0.3, 0.4) is 0 Å². The lowest BCUT2D eigenvalue weighted by molar-refractivity contribution is 0.168. The largest absolute Gasteiger partial charge is 0.301 e. The van der Waals surface area contributed by atoms with Crippen molar-refractivity contribution in [2.75, 3.05) is 38.1 Å². The molecule has 0 saturated carbocycles. The highest BCUT2D eigenvalue weighted by Gasteiger charge is 2.31. The summed E-state index contributed by atoms with van der Waals surface area (Å²) in [4.78, 5) is 5.28. The van der Waals surface area contributed by atoms with Gasteiger partial charge in [-0.15, -0.1) is 0 Å². The van der Waals surface area contributed by atoms with Crippen molar-refractivity contribution in [3.63, 3.8) is 0 Å². The fourth-order valence-electron chi connectivity index (χ4n) is 2.88. The van der Waals surface area contributed by atoms with Crippen LogP contribution >= 0.6 is 15.9 Å². The van der Waals surface area contributed by atoms with Crippen molar-refractivity contribution >= 4 is 15.9 Å². The van der Waals surface area contributed by atoms with E-state index < -0.39 is 0 Å². The molecule has 1 heterocycles. The van der Waals surface area contributed by atoms with Gasteiger partial charge in [-0.25, -0.2) is 0 Å². The smallest absolute Gasteiger partial charge is 0.0235 e. The zero-order valence-corrected chi connectivity index (χ0v) is 14.5. The molecule has 2 unspecified atom stereocenters. The molecule has 3 heteroatoms. The van der Waals surface area contributed by atoms with Crippen LogP contribution in [0.2, 0.25) is 0 Å². The van der Waals surface area contributed by atoms with Gasteiger partial charge < -0.3 is 4.90 Å². The molecule has 0 aromatic carbocycles. The van der Waals surface area contributed by atoms with Gasteiger partial charge in [0.15, 0.2) is 0 Å². The van der Waals surface area contributed by atoms with E-state index in [9.17, 15) is 0 Å². The third kappa shape index (κ3) is 4.50. The summed E-state index contributed by atoms with van der Waals surface area (Å²) in [5.74, 6) is 0.743. The number of nitrogens with zero attached hydrogens (tertiary/aromatic N) is 2. The van der Waals surface area contributed by atoms with Crippen LogP contribution in [0.1, 0.15) is 41.0 Å². The first-order valence-electron chi connectivity index (χ1n) is 7.44. The normalized spacial score (nSPS) is 23.8. The Morgan fingerprint density at radius 1 is 1.28 bits per heavy atom. The Bertz CT molecular complexity index is 233. The third-order valence-corrected chi connectivity index (χ3v) is 5.25. The van der Waals surface area contributed by atoms with Gasteiger partial charge in [-0.3, -0.25) is 4.90 Å². The van der Waals surface area contributed by atoms with Crippen LogP contribution in [0.5, 0.6) is 0 Å². The maximum Gasteiger partial charge on any atom is 0.0235 e. The first-order valence-corrected chi connectivity index (χ1v) is 8.56. The van der Waals surface area contributed by atoms with Crippen molar-refractivity contribution in [3.05, 3.63) is 0 Å². The molecule has 2 nitrogen and oxygen atoms in total. The predicted molar refractivity (Wildman–Crippen MR) is 84.5 cm³/mol. The van der Waals surface area contributed by atoms with E-state index in [2.05, 4.69) is 60.3 Å². The lowest BCUT2D eigenvalue weighted by atomic mass is 9.82. The van der Waals surface area contributed by atoms with E-state index in [1.807, 2.05) is 0 Å². The zero-order chi connectivity index (χ0) is 13.8. The van der Waals surface area contributed by atoms with Gasteiger partial charge in [0.1, 0.15) is 0 Å². The lowest BCUT2D eigenvalue weighted by Gasteiger charge is -2.33. The lowest BCUT2D eigenvalue weighted by Crippen LogP contribution is -2.40. The highest BCUT2D eigenvalue weighted by atomic mass is 79.9. The summed E-state index contributed by atoms with van der Waals surface area (Å²) in [6.07, 6.45) is 1.35. The summed E-state index contributed by atoms with van der Waals surface area (Å²) < 4.78 is 0. The van der Waals surface area contributed by atoms with Gasteiger partial charge >= 0.3 is 0 Å². The molecule has 0 bridgehead atoms. The summed E-state index contributed by atoms with van der Waals surface area (Å²) in [7, 11) is 0. The minimum atomic E-state index is 0.400. The number of rotatable bonds is 6. The molecule has 18 heavy (non-hydrogen) atoms. The standard InChI is InChI=1S/C15H31BrN2/c1-6-18(7-2)14-8-9-17(12-14)11-13(10-16)15(3,4)5/h13-14H,6-12H2,1-5H3. The zero-order valence-electron chi connectivity index (χ0n) is 12.9. The van der Waals surface area contributed by atoms with Crippen LogP contribution in [0.4, 0.5) is 0 Å². The second-order valence-corrected chi connectivity index (χ2v) is 7.29. The van der Waals surface area contributed by atoms with Gasteiger partial charge in [0.2, 0.25) is 0 Å². The molecule has 1 fully saturated rings. The maximum atomic E-state index is 3.69. The van der Waals surface area contributed by atoms with Crippen molar-refractivity contribution in [1.29, 1.82) is 0 Å². The Kier molecular flexibility index (Phi) is 6.63. The Balaban J connectivity index is 2.47. The monoisotopic (exact) mass is 318 g/mol. The highest BCUT2D eigenvalue weighted by Crippen LogP contribution is 2.29. The molecule has 0 spiro atoms. The van der Waals surface area contributed by atoms with Crippen LogP contribution in [0, 0.1) is 11.3 Å². The number of hydrogen-bond donors (Lipinski definition) is 0. The molecule has 0 radical (unpaired) electrons. The predicted octanol–water partition coefficient (Wildman–Crippen LogP) is 3.46. The van der Waals surface area contributed by atoms with Gasteiger partial charge in [-0.2, -0.15) is 0 Å². The topological polar surface area (TPSA) is 6.48 Å². The molecule has 0 aromatic rings. The van der Waals surface area contributed by atoms with Crippen LogP contribution in [0.25, 0.3) is 0 Å². The molecule has 0 aliphatic carbocycles. The molecule has 2 atom stereocenters. The van der Waals surface area contributed by atoms with Gasteiger partial charge in [-0.05, 0) is 37.4 Å². The Morgan fingerprint density at radius 2 is 1.89 bits per heavy atom. The van der Waals surface area contributed by atoms with Gasteiger partial charge in [0.25, 0.3) is 0 Å². The van der Waals surface area contributed by atoms with E-state index in [1.165, 1.54) is 39.1 Å². The molecule has 0 N–H and O–H groups in total. The fraction of sp³-hybridized carbons (Fsp3) is 1.00. The van der Waals surface area contributed by atoms with Crippen molar-refractivity contribution in [3.8, 4) is 0 Å². The first-order chi connectivity index (χ1) is 8.42. The number of halogens is 1. The first kappa shape index (κ1) is 16.5. The summed E-state index contributed by atoms with van der Waals surface area (Å²) in [6.45, 7) is 17.8. The molecule has 108 valence electrons. The highest BCUT2D eigenvalue weighted by molar-refractivity contribution is 9.09. The summed E-state index contributed by atoms with van der Waals surface area (Å²) in [6, 6.07) is 0.788. The molecular weight excluding hydrogens is 288 g/mol. The van der Waals surface area contributed by atoms with Gasteiger partial charge in [0.05, 0.1) is 0 Å². The van der Waals surface area contributed by atoms with Crippen molar-refractivity contribution in [2.45, 2.75) is 47.1 Å². The average molecular weight is 319 g/mol. The second-order valence-electron chi connectivity index (χ2n) is 6.64. The van der Waals surface area contributed by atoms with Crippen LogP contribution in [-0.2, 0) is 0 Å². The van der Waals surface area contributed by atoms with E-state index in [1.54, 1.807) is 0 Å². The minimum Gasteiger partial charge on any atom is -0.301 e. The average Bonchev–Trinajstić information content (AvgIpc) is 2.74. The molecule has 1 aliphatic heterocycles. The van der Waals surface area contributed by atoms with Gasteiger partial charge in [0, 0.05) is 24.5 Å². The fourth-order valence-corrected chi connectivity index (χ4v) is 4.06. The number of likely N-dealkylation sites (tertiary alicyclic amines) is 1. The molecule has 1 aliphatic rings. The van der Waals surface area contributed by atoms with E-state index in [0.717, 1.165) is 17.3 Å². The second kappa shape index (κ2) is 7.25. The minimum absolute atomic E-state index is 0.400. The Morgan fingerprint density at radius 3 is 2.33 bits per heavy atom. The summed E-state index contributed by atoms with van der Waals surface area (Å²) in [5, 5.41) is 1.11. The number of hydrogen-bond acceptors (Lipinski definition) is 2. The van der Waals surface area contributed by atoms with Crippen molar-refractivity contribution in [1.82, 2.24) is 9.80 Å². The van der Waals surface area contributed by atoms with E-state index >= 15 is 0 Å². The molecule has 1 rings (SSSR count). The van der Waals surface area contributed by atoms with Crippen LogP contribution < -0.4 is 0 Å². The Hall–Kier alpha value is 0.400. The van der Waals surface area contributed by atoms with E-state index in [0.29, 0.717) is 5.41 Å². The van der Waals surface area contributed by atoms with Crippen LogP contribution in [-0.4, -0.2) is 53.9 Å². The van der Waals surface area contributed by atoms with Crippen molar-refractivity contribution in [2.24, 2.45) is 11.3 Å². The van der Waals surface area contributed by atoms with Gasteiger partial charge in [-0.1, -0.05) is 50.5 Å². The molecule has 0 aromatic heterocycles. The third-order valence-electron chi connectivity index (χ3n) is 4.47. The Labute approximate surface area is 122 Å². The SMILES string of the molecule is CCN(CC)C1CCN(CC(CBr)C(C)(C)C)C1. The number of likely N-dealkylation sites (N-methyl/N-ethyl adjacent to an activating group) is 1. The van der Waals surface area contributed by atoms with Crippen molar-refractivity contribution < 1.29 is 0 Å². The molecule has 0 amide bonds. The molecule has 1 saturated heterocycles. The summed E-state index contributed by atoms with van der Waals surface area (Å²) in [5.41, 5.74) is 0.400. The molecular formula is C15H31BrN2. The maximum absolute atomic E-state index is 3.69. The number of alkyl halides is 1. The summed E-state index contributed by atoms with van der Waals surface area (Å²) >= 11 is 3.69. The van der Waals surface area contributed by atoms with Crippen LogP contribution in [0.15, 0.2) is 0 Å².